The third-order valence-corrected chi connectivity index (χ3v) is 8.17. The second kappa shape index (κ2) is 11.3. The van der Waals surface area contributed by atoms with E-state index in [0.29, 0.717) is 47.1 Å². The molecule has 0 bridgehead atoms. The molecule has 1 fully saturated rings. The summed E-state index contributed by atoms with van der Waals surface area (Å²) in [6.45, 7) is 0.810. The number of likely N-dealkylation sites (tertiary alicyclic amines) is 1. The minimum absolute atomic E-state index is 0.0580. The number of hydrogen-bond donors (Lipinski definition) is 3. The molecule has 2 amide bonds. The van der Waals surface area contributed by atoms with Crippen LogP contribution < -0.4 is 5.32 Å². The van der Waals surface area contributed by atoms with Gasteiger partial charge in [0.2, 0.25) is 11.8 Å². The Balaban J connectivity index is 1.35. The standard InChI is InChI=1S/C26H24Cl2N2O5S/c27-23-17(13-18-9-12-36-25(18)24(23)28)3-6-21(32)30-10-7-16(8-11-30)26(35)29-20(14-22(33)34)15-1-4-19(31)5-2-15/h1-6,9,12-13,16,20,31H,7-8,10-11,14H2,(H,29,35)(H,33,34). The van der Waals surface area contributed by atoms with Crippen LogP contribution in [0, 0.1) is 5.92 Å². The van der Waals surface area contributed by atoms with E-state index < -0.39 is 12.0 Å². The van der Waals surface area contributed by atoms with Crippen LogP contribution in [0.2, 0.25) is 10.0 Å². The van der Waals surface area contributed by atoms with Crippen LogP contribution in [0.15, 0.2) is 47.9 Å². The van der Waals surface area contributed by atoms with E-state index in [-0.39, 0.29) is 29.9 Å². The fraction of sp³-hybridized carbons (Fsp3) is 0.269. The van der Waals surface area contributed by atoms with Crippen molar-refractivity contribution in [3.05, 3.63) is 69.0 Å². The molecule has 4 rings (SSSR count). The lowest BCUT2D eigenvalue weighted by Crippen LogP contribution is -2.43. The summed E-state index contributed by atoms with van der Waals surface area (Å²) in [6, 6.07) is 9.21. The van der Waals surface area contributed by atoms with E-state index in [0.717, 1.165) is 10.1 Å². The summed E-state index contributed by atoms with van der Waals surface area (Å²) in [5, 5.41) is 25.3. The zero-order valence-electron chi connectivity index (χ0n) is 19.1. The lowest BCUT2D eigenvalue weighted by molar-refractivity contribution is -0.138. The summed E-state index contributed by atoms with van der Waals surface area (Å²) in [5.74, 6) is -1.75. The first kappa shape index (κ1) is 26.0. The SMILES string of the molecule is O=C(O)CC(NC(=O)C1CCN(C(=O)C=Cc2cc3ccsc3c(Cl)c2Cl)CC1)c1ccc(O)cc1. The van der Waals surface area contributed by atoms with Crippen LogP contribution in [0.1, 0.15) is 36.4 Å². The Labute approximate surface area is 221 Å². The third-order valence-electron chi connectivity index (χ3n) is 6.23. The Bertz CT molecular complexity index is 1310. The van der Waals surface area contributed by atoms with E-state index in [1.165, 1.54) is 29.5 Å². The molecular formula is C26H24Cl2N2O5S. The van der Waals surface area contributed by atoms with Gasteiger partial charge in [0.05, 0.1) is 27.2 Å². The first-order chi connectivity index (χ1) is 17.2. The molecule has 1 unspecified atom stereocenters. The molecule has 2 heterocycles. The van der Waals surface area contributed by atoms with E-state index in [2.05, 4.69) is 5.32 Å². The number of fused-ring (bicyclic) bond motifs is 1. The van der Waals surface area contributed by atoms with Crippen molar-refractivity contribution < 1.29 is 24.6 Å². The van der Waals surface area contributed by atoms with Gasteiger partial charge in [0.25, 0.3) is 0 Å². The molecule has 0 saturated carbocycles. The molecule has 3 N–H and O–H groups in total. The Morgan fingerprint density at radius 1 is 1.11 bits per heavy atom. The van der Waals surface area contributed by atoms with Crippen LogP contribution >= 0.6 is 34.5 Å². The fourth-order valence-corrected chi connectivity index (χ4v) is 5.68. The van der Waals surface area contributed by atoms with Gasteiger partial charge in [-0.05, 0) is 65.1 Å². The van der Waals surface area contributed by atoms with E-state index in [1.807, 2.05) is 17.5 Å². The average molecular weight is 547 g/mol. The van der Waals surface area contributed by atoms with Crippen molar-refractivity contribution in [1.29, 1.82) is 0 Å². The van der Waals surface area contributed by atoms with Crippen molar-refractivity contribution in [2.75, 3.05) is 13.1 Å². The minimum atomic E-state index is -1.04. The van der Waals surface area contributed by atoms with Gasteiger partial charge >= 0.3 is 5.97 Å². The molecule has 1 aliphatic rings. The number of rotatable bonds is 7. The Kier molecular flexibility index (Phi) is 8.18. The maximum Gasteiger partial charge on any atom is 0.305 e. The predicted molar refractivity (Wildman–Crippen MR) is 141 cm³/mol. The van der Waals surface area contributed by atoms with Crippen LogP contribution in [-0.4, -0.2) is 46.0 Å². The number of halogens is 2. The number of phenolic OH excluding ortho intramolecular Hbond substituents is 1. The number of benzene rings is 2. The van der Waals surface area contributed by atoms with E-state index >= 15 is 0 Å². The predicted octanol–water partition coefficient (Wildman–Crippen LogP) is 5.50. The van der Waals surface area contributed by atoms with E-state index in [9.17, 15) is 24.6 Å². The van der Waals surface area contributed by atoms with Gasteiger partial charge in [0.1, 0.15) is 5.75 Å². The first-order valence-corrected chi connectivity index (χ1v) is 13.0. The molecule has 36 heavy (non-hydrogen) atoms. The van der Waals surface area contributed by atoms with Crippen molar-refractivity contribution in [2.45, 2.75) is 25.3 Å². The number of carbonyl (C=O) groups is 3. The van der Waals surface area contributed by atoms with E-state index in [4.69, 9.17) is 23.2 Å². The molecule has 10 heteroatoms. The number of nitrogens with zero attached hydrogens (tertiary/aromatic N) is 1. The molecule has 1 aliphatic heterocycles. The maximum absolute atomic E-state index is 12.9. The van der Waals surface area contributed by atoms with Gasteiger partial charge in [0, 0.05) is 25.1 Å². The van der Waals surface area contributed by atoms with Crippen LogP contribution in [0.25, 0.3) is 16.2 Å². The van der Waals surface area contributed by atoms with Gasteiger partial charge in [-0.1, -0.05) is 35.3 Å². The number of piperidine rings is 1. The fourth-order valence-electron chi connectivity index (χ4n) is 4.24. The molecule has 188 valence electrons. The summed E-state index contributed by atoms with van der Waals surface area (Å²) >= 11 is 14.2. The van der Waals surface area contributed by atoms with Crippen molar-refractivity contribution in [3.8, 4) is 5.75 Å². The molecule has 1 saturated heterocycles. The number of thiophene rings is 1. The molecule has 7 nitrogen and oxygen atoms in total. The lowest BCUT2D eigenvalue weighted by atomic mass is 9.94. The number of carboxylic acids is 1. The molecule has 3 aromatic rings. The van der Waals surface area contributed by atoms with Crippen molar-refractivity contribution in [3.63, 3.8) is 0 Å². The topological polar surface area (TPSA) is 107 Å². The maximum atomic E-state index is 12.9. The largest absolute Gasteiger partial charge is 0.508 e. The van der Waals surface area contributed by atoms with Crippen molar-refractivity contribution in [1.82, 2.24) is 10.2 Å². The second-order valence-electron chi connectivity index (χ2n) is 8.62. The summed E-state index contributed by atoms with van der Waals surface area (Å²) in [7, 11) is 0. The summed E-state index contributed by atoms with van der Waals surface area (Å²) in [5.41, 5.74) is 1.26. The lowest BCUT2D eigenvalue weighted by Gasteiger charge is -2.31. The number of amides is 2. The van der Waals surface area contributed by atoms with Crippen molar-refractivity contribution in [2.24, 2.45) is 5.92 Å². The number of nitrogens with one attached hydrogen (secondary N) is 1. The second-order valence-corrected chi connectivity index (χ2v) is 10.3. The van der Waals surface area contributed by atoms with Gasteiger partial charge in [-0.3, -0.25) is 14.4 Å². The quantitative estimate of drug-likeness (QED) is 0.339. The Morgan fingerprint density at radius 2 is 1.81 bits per heavy atom. The first-order valence-electron chi connectivity index (χ1n) is 11.4. The zero-order chi connectivity index (χ0) is 25.8. The minimum Gasteiger partial charge on any atom is -0.508 e. The normalized spacial score (nSPS) is 15.3. The third kappa shape index (κ3) is 6.00. The summed E-state index contributed by atoms with van der Waals surface area (Å²) < 4.78 is 0.904. The highest BCUT2D eigenvalue weighted by atomic mass is 35.5. The monoisotopic (exact) mass is 546 g/mol. The van der Waals surface area contributed by atoms with Crippen LogP contribution in [0.5, 0.6) is 5.75 Å². The number of aromatic hydroxyl groups is 1. The van der Waals surface area contributed by atoms with Crippen LogP contribution in [-0.2, 0) is 14.4 Å². The number of phenols is 1. The molecule has 0 aliphatic carbocycles. The number of aliphatic carboxylic acids is 1. The summed E-state index contributed by atoms with van der Waals surface area (Å²) in [4.78, 5) is 38.6. The average Bonchev–Trinajstić information content (AvgIpc) is 3.34. The number of hydrogen-bond acceptors (Lipinski definition) is 5. The Morgan fingerprint density at radius 3 is 2.47 bits per heavy atom. The van der Waals surface area contributed by atoms with Gasteiger partial charge in [0.15, 0.2) is 0 Å². The Hall–Kier alpha value is -3.07. The highest BCUT2D eigenvalue weighted by molar-refractivity contribution is 7.18. The zero-order valence-corrected chi connectivity index (χ0v) is 21.4. The van der Waals surface area contributed by atoms with Gasteiger partial charge in [-0.2, -0.15) is 0 Å². The highest BCUT2D eigenvalue weighted by Crippen LogP contribution is 2.37. The molecule has 1 aromatic heterocycles. The van der Waals surface area contributed by atoms with Gasteiger partial charge in [-0.15, -0.1) is 11.3 Å². The number of carbonyl (C=O) groups excluding carboxylic acids is 2. The molecule has 1 atom stereocenters. The number of carboxylic acid groups (broad SMARTS) is 1. The highest BCUT2D eigenvalue weighted by Gasteiger charge is 2.29. The molecule has 0 spiro atoms. The summed E-state index contributed by atoms with van der Waals surface area (Å²) in [6.07, 6.45) is 3.77. The van der Waals surface area contributed by atoms with Crippen molar-refractivity contribution >= 4 is 68.5 Å². The molecular weight excluding hydrogens is 523 g/mol. The van der Waals surface area contributed by atoms with Crippen LogP contribution in [0.4, 0.5) is 0 Å². The van der Waals surface area contributed by atoms with Crippen LogP contribution in [0.3, 0.4) is 0 Å². The van der Waals surface area contributed by atoms with E-state index in [1.54, 1.807) is 23.1 Å². The molecule has 2 aromatic carbocycles. The van der Waals surface area contributed by atoms with Gasteiger partial charge in [-0.25, -0.2) is 0 Å². The molecule has 0 radical (unpaired) electrons. The van der Waals surface area contributed by atoms with Gasteiger partial charge < -0.3 is 20.4 Å². The smallest absolute Gasteiger partial charge is 0.305 e.